The monoisotopic (exact) mass is 197 g/mol. The van der Waals surface area contributed by atoms with Crippen molar-refractivity contribution < 1.29 is 4.79 Å². The van der Waals surface area contributed by atoms with Gasteiger partial charge in [0.2, 0.25) is 0 Å². The lowest BCUT2D eigenvalue weighted by atomic mass is 9.76. The van der Waals surface area contributed by atoms with Crippen LogP contribution >= 0.6 is 0 Å². The summed E-state index contributed by atoms with van der Waals surface area (Å²) in [5.74, 6) is 0.299. The van der Waals surface area contributed by atoms with E-state index in [4.69, 9.17) is 5.73 Å². The van der Waals surface area contributed by atoms with E-state index in [1.54, 1.807) is 0 Å². The molecule has 0 saturated heterocycles. The molecule has 0 spiro atoms. The van der Waals surface area contributed by atoms with Crippen LogP contribution in [0.25, 0.3) is 0 Å². The SMILES string of the molecule is C=C(C)CCC(=O)C(CC)(CC)CN. The maximum Gasteiger partial charge on any atom is 0.140 e. The maximum absolute atomic E-state index is 11.9. The molecule has 0 unspecified atom stereocenters. The van der Waals surface area contributed by atoms with Gasteiger partial charge in [-0.05, 0) is 26.2 Å². The van der Waals surface area contributed by atoms with Crippen LogP contribution in [0.1, 0.15) is 46.5 Å². The maximum atomic E-state index is 11.9. The Morgan fingerprint density at radius 1 is 1.29 bits per heavy atom. The lowest BCUT2D eigenvalue weighted by molar-refractivity contribution is -0.128. The van der Waals surface area contributed by atoms with Crippen molar-refractivity contribution >= 4 is 5.78 Å². The third kappa shape index (κ3) is 3.26. The second kappa shape index (κ2) is 5.97. The summed E-state index contributed by atoms with van der Waals surface area (Å²) in [5.41, 5.74) is 6.48. The third-order valence-corrected chi connectivity index (χ3v) is 3.11. The van der Waals surface area contributed by atoms with Crippen LogP contribution in [0.5, 0.6) is 0 Å². The molecule has 2 nitrogen and oxygen atoms in total. The normalized spacial score (nSPS) is 11.4. The Morgan fingerprint density at radius 3 is 2.07 bits per heavy atom. The highest BCUT2D eigenvalue weighted by Gasteiger charge is 2.32. The molecule has 0 radical (unpaired) electrons. The molecule has 0 rings (SSSR count). The average molecular weight is 197 g/mol. The molecule has 0 aliphatic rings. The highest BCUT2D eigenvalue weighted by atomic mass is 16.1. The zero-order chi connectivity index (χ0) is 11.2. The second-order valence-corrected chi connectivity index (χ2v) is 4.07. The highest BCUT2D eigenvalue weighted by Crippen LogP contribution is 2.28. The van der Waals surface area contributed by atoms with Crippen LogP contribution in [0, 0.1) is 5.41 Å². The van der Waals surface area contributed by atoms with E-state index in [9.17, 15) is 4.79 Å². The fourth-order valence-corrected chi connectivity index (χ4v) is 1.64. The summed E-state index contributed by atoms with van der Waals surface area (Å²) in [6.07, 6.45) is 3.07. The van der Waals surface area contributed by atoms with Crippen molar-refractivity contribution in [2.75, 3.05) is 6.54 Å². The molecule has 82 valence electrons. The fraction of sp³-hybridized carbons (Fsp3) is 0.750. The van der Waals surface area contributed by atoms with E-state index in [2.05, 4.69) is 6.58 Å². The molecule has 0 bridgehead atoms. The van der Waals surface area contributed by atoms with Gasteiger partial charge in [-0.1, -0.05) is 19.4 Å². The molecule has 0 fully saturated rings. The van der Waals surface area contributed by atoms with Crippen molar-refractivity contribution in [3.8, 4) is 0 Å². The van der Waals surface area contributed by atoms with Crippen LogP contribution in [0.15, 0.2) is 12.2 Å². The van der Waals surface area contributed by atoms with Gasteiger partial charge in [-0.15, -0.1) is 6.58 Å². The Bertz CT molecular complexity index is 196. The number of Topliss-reactive ketones (excluding diaryl/α,β-unsaturated/α-hetero) is 1. The quantitative estimate of drug-likeness (QED) is 0.638. The van der Waals surface area contributed by atoms with Gasteiger partial charge < -0.3 is 5.73 Å². The van der Waals surface area contributed by atoms with Gasteiger partial charge in [0.15, 0.2) is 0 Å². The minimum atomic E-state index is -0.282. The number of allylic oxidation sites excluding steroid dienone is 1. The summed E-state index contributed by atoms with van der Waals surface area (Å²) >= 11 is 0. The van der Waals surface area contributed by atoms with Gasteiger partial charge in [0.25, 0.3) is 0 Å². The van der Waals surface area contributed by atoms with Crippen molar-refractivity contribution in [1.29, 1.82) is 0 Å². The highest BCUT2D eigenvalue weighted by molar-refractivity contribution is 5.85. The lowest BCUT2D eigenvalue weighted by Gasteiger charge is -2.28. The molecule has 0 aliphatic carbocycles. The van der Waals surface area contributed by atoms with E-state index in [0.29, 0.717) is 18.7 Å². The average Bonchev–Trinajstić information content (AvgIpc) is 2.18. The molecule has 0 amide bonds. The predicted molar refractivity (Wildman–Crippen MR) is 61.1 cm³/mol. The van der Waals surface area contributed by atoms with Crippen LogP contribution < -0.4 is 5.73 Å². The van der Waals surface area contributed by atoms with Gasteiger partial charge in [0, 0.05) is 18.4 Å². The van der Waals surface area contributed by atoms with Gasteiger partial charge in [0.1, 0.15) is 5.78 Å². The molecule has 0 heterocycles. The number of rotatable bonds is 7. The molecule has 0 saturated carbocycles. The summed E-state index contributed by atoms with van der Waals surface area (Å²) in [7, 11) is 0. The Balaban J connectivity index is 4.36. The molecular formula is C12H23NO. The molecule has 2 heteroatoms. The number of hydrogen-bond donors (Lipinski definition) is 1. The van der Waals surface area contributed by atoms with Crippen LogP contribution in [0.2, 0.25) is 0 Å². The van der Waals surface area contributed by atoms with E-state index in [0.717, 1.165) is 24.8 Å². The molecule has 0 aromatic heterocycles. The second-order valence-electron chi connectivity index (χ2n) is 4.07. The first-order valence-corrected chi connectivity index (χ1v) is 5.40. The molecule has 2 N–H and O–H groups in total. The van der Waals surface area contributed by atoms with Crippen molar-refractivity contribution in [1.82, 2.24) is 0 Å². The minimum Gasteiger partial charge on any atom is -0.329 e. The van der Waals surface area contributed by atoms with Gasteiger partial charge >= 0.3 is 0 Å². The van der Waals surface area contributed by atoms with E-state index in [1.807, 2.05) is 20.8 Å². The van der Waals surface area contributed by atoms with Crippen LogP contribution in [0.3, 0.4) is 0 Å². The Kier molecular flexibility index (Phi) is 5.70. The largest absolute Gasteiger partial charge is 0.329 e. The summed E-state index contributed by atoms with van der Waals surface area (Å²) in [5, 5.41) is 0. The van der Waals surface area contributed by atoms with Gasteiger partial charge in [-0.2, -0.15) is 0 Å². The minimum absolute atomic E-state index is 0.282. The third-order valence-electron chi connectivity index (χ3n) is 3.11. The summed E-state index contributed by atoms with van der Waals surface area (Å²) in [6.45, 7) is 10.3. The van der Waals surface area contributed by atoms with Crippen molar-refractivity contribution in [2.45, 2.75) is 46.5 Å². The Hall–Kier alpha value is -0.630. The van der Waals surface area contributed by atoms with Crippen LogP contribution in [-0.4, -0.2) is 12.3 Å². The van der Waals surface area contributed by atoms with Gasteiger partial charge in [0.05, 0.1) is 0 Å². The number of carbonyl (C=O) groups excluding carboxylic acids is 1. The molecule has 0 aliphatic heterocycles. The number of carbonyl (C=O) groups is 1. The van der Waals surface area contributed by atoms with E-state index in [1.165, 1.54) is 0 Å². The first-order chi connectivity index (χ1) is 6.52. The van der Waals surface area contributed by atoms with Crippen molar-refractivity contribution in [3.05, 3.63) is 12.2 Å². The van der Waals surface area contributed by atoms with Crippen LogP contribution in [0.4, 0.5) is 0 Å². The first kappa shape index (κ1) is 13.4. The zero-order valence-corrected chi connectivity index (χ0v) is 9.73. The first-order valence-electron chi connectivity index (χ1n) is 5.40. The Labute approximate surface area is 87.6 Å². The number of nitrogens with two attached hydrogens (primary N) is 1. The van der Waals surface area contributed by atoms with Crippen molar-refractivity contribution in [3.63, 3.8) is 0 Å². The molecular weight excluding hydrogens is 174 g/mol. The standard InChI is InChI=1S/C12H23NO/c1-5-12(6-2,9-13)11(14)8-7-10(3)4/h3,5-9,13H2,1-2,4H3. The van der Waals surface area contributed by atoms with Gasteiger partial charge in [-0.25, -0.2) is 0 Å². The number of hydrogen-bond acceptors (Lipinski definition) is 2. The Morgan fingerprint density at radius 2 is 1.79 bits per heavy atom. The summed E-state index contributed by atoms with van der Waals surface area (Å²) in [6, 6.07) is 0. The van der Waals surface area contributed by atoms with E-state index in [-0.39, 0.29) is 5.41 Å². The van der Waals surface area contributed by atoms with Crippen molar-refractivity contribution in [2.24, 2.45) is 11.1 Å². The summed E-state index contributed by atoms with van der Waals surface area (Å²) < 4.78 is 0. The predicted octanol–water partition coefficient (Wildman–Crippen LogP) is 2.68. The lowest BCUT2D eigenvalue weighted by Crippen LogP contribution is -2.37. The molecule has 0 atom stereocenters. The molecule has 0 aromatic carbocycles. The molecule has 14 heavy (non-hydrogen) atoms. The van der Waals surface area contributed by atoms with E-state index < -0.39 is 0 Å². The molecule has 0 aromatic rings. The van der Waals surface area contributed by atoms with E-state index >= 15 is 0 Å². The van der Waals surface area contributed by atoms with Crippen LogP contribution in [-0.2, 0) is 4.79 Å². The fourth-order valence-electron chi connectivity index (χ4n) is 1.64. The topological polar surface area (TPSA) is 43.1 Å². The van der Waals surface area contributed by atoms with Gasteiger partial charge in [-0.3, -0.25) is 4.79 Å². The number of ketones is 1. The smallest absolute Gasteiger partial charge is 0.140 e. The zero-order valence-electron chi connectivity index (χ0n) is 9.73. The summed E-state index contributed by atoms with van der Waals surface area (Å²) in [4.78, 5) is 11.9.